The average Bonchev–Trinajstić information content (AvgIpc) is 3.16. The molecule has 0 atom stereocenters. The maximum absolute atomic E-state index is 11.9. The van der Waals surface area contributed by atoms with Gasteiger partial charge in [-0.15, -0.1) is 10.2 Å². The molecule has 0 fully saturated rings. The first-order valence-corrected chi connectivity index (χ1v) is 8.46. The van der Waals surface area contributed by atoms with Crippen LogP contribution in [0.15, 0.2) is 32.7 Å². The molecule has 0 aliphatic rings. The summed E-state index contributed by atoms with van der Waals surface area (Å²) in [5.74, 6) is -0.494. The Morgan fingerprint density at radius 2 is 2.32 bits per heavy atom. The molecule has 8 nitrogen and oxygen atoms in total. The van der Waals surface area contributed by atoms with Crippen LogP contribution >= 0.6 is 11.3 Å². The molecule has 1 amide bonds. The molecule has 2 rings (SSSR count). The number of hydrogen-bond acceptors (Lipinski definition) is 8. The maximum Gasteiger partial charge on any atom is 0.268 e. The highest BCUT2D eigenvalue weighted by Gasteiger charge is 2.19. The Balaban J connectivity index is 2.17. The van der Waals surface area contributed by atoms with Gasteiger partial charge >= 0.3 is 0 Å². The van der Waals surface area contributed by atoms with Crippen LogP contribution < -0.4 is 5.32 Å². The van der Waals surface area contributed by atoms with Gasteiger partial charge in [-0.2, -0.15) is 5.26 Å². The minimum absolute atomic E-state index is 0.00220. The number of nitrogens with zero attached hydrogens (tertiary/aromatic N) is 3. The zero-order chi connectivity index (χ0) is 16.2. The van der Waals surface area contributed by atoms with E-state index in [2.05, 4.69) is 15.5 Å². The van der Waals surface area contributed by atoms with E-state index in [1.54, 1.807) is 18.2 Å². The fraction of sp³-hybridized carbons (Fsp3) is 0.167. The molecule has 0 spiro atoms. The van der Waals surface area contributed by atoms with E-state index in [0.717, 1.165) is 11.3 Å². The molecule has 1 N–H and O–H groups in total. The summed E-state index contributed by atoms with van der Waals surface area (Å²) >= 11 is 0.726. The summed E-state index contributed by atoms with van der Waals surface area (Å²) < 4.78 is 28.1. The smallest absolute Gasteiger partial charge is 0.268 e. The SMILES string of the molecule is CCS(=O)(=O)c1nnc(NC(=O)C(C#N)=Cc2ccco2)s1. The van der Waals surface area contributed by atoms with Crippen molar-refractivity contribution >= 4 is 38.3 Å². The third kappa shape index (κ3) is 3.57. The number of hydrogen-bond donors (Lipinski definition) is 1. The van der Waals surface area contributed by atoms with E-state index in [1.165, 1.54) is 19.3 Å². The molecule has 22 heavy (non-hydrogen) atoms. The van der Waals surface area contributed by atoms with Crippen molar-refractivity contribution in [3.05, 3.63) is 29.7 Å². The molecule has 114 valence electrons. The molecule has 0 aliphatic carbocycles. The molecule has 0 saturated carbocycles. The number of furan rings is 1. The van der Waals surface area contributed by atoms with Gasteiger partial charge < -0.3 is 4.42 Å². The van der Waals surface area contributed by atoms with Crippen LogP contribution in [-0.2, 0) is 14.6 Å². The topological polar surface area (TPSA) is 126 Å². The molecule has 10 heteroatoms. The second-order valence-electron chi connectivity index (χ2n) is 3.92. The van der Waals surface area contributed by atoms with E-state index in [9.17, 15) is 13.2 Å². The van der Waals surface area contributed by atoms with Gasteiger partial charge in [0.15, 0.2) is 0 Å². The third-order valence-corrected chi connectivity index (χ3v) is 5.49. The molecule has 0 aliphatic heterocycles. The van der Waals surface area contributed by atoms with Crippen LogP contribution in [0.5, 0.6) is 0 Å². The standard InChI is InChI=1S/C12H10N4O4S2/c1-2-22(18,19)12-16-15-11(21-12)14-10(17)8(7-13)6-9-4-3-5-20-9/h3-6H,2H2,1H3,(H,14,15,17). The van der Waals surface area contributed by atoms with Gasteiger partial charge in [-0.05, 0) is 12.1 Å². The van der Waals surface area contributed by atoms with Crippen LogP contribution in [0.3, 0.4) is 0 Å². The summed E-state index contributed by atoms with van der Waals surface area (Å²) in [5.41, 5.74) is -0.204. The fourth-order valence-electron chi connectivity index (χ4n) is 1.34. The highest BCUT2D eigenvalue weighted by Crippen LogP contribution is 2.21. The van der Waals surface area contributed by atoms with Gasteiger partial charge in [0.1, 0.15) is 17.4 Å². The van der Waals surface area contributed by atoms with Gasteiger partial charge in [-0.25, -0.2) is 8.42 Å². The zero-order valence-corrected chi connectivity index (χ0v) is 12.9. The molecular weight excluding hydrogens is 328 g/mol. The Morgan fingerprint density at radius 1 is 1.55 bits per heavy atom. The Hall–Kier alpha value is -2.51. The number of nitrogens with one attached hydrogen (secondary N) is 1. The van der Waals surface area contributed by atoms with Crippen LogP contribution in [0, 0.1) is 11.3 Å². The highest BCUT2D eigenvalue weighted by molar-refractivity contribution is 7.93. The number of sulfone groups is 1. The lowest BCUT2D eigenvalue weighted by Crippen LogP contribution is -2.13. The van der Waals surface area contributed by atoms with Gasteiger partial charge in [0, 0.05) is 6.08 Å². The van der Waals surface area contributed by atoms with Crippen molar-refractivity contribution in [3.63, 3.8) is 0 Å². The minimum Gasteiger partial charge on any atom is -0.465 e. The number of carbonyl (C=O) groups is 1. The van der Waals surface area contributed by atoms with E-state index in [4.69, 9.17) is 9.68 Å². The Labute approximate surface area is 130 Å². The lowest BCUT2D eigenvalue weighted by Gasteiger charge is -1.98. The van der Waals surface area contributed by atoms with Crippen molar-refractivity contribution in [1.29, 1.82) is 5.26 Å². The van der Waals surface area contributed by atoms with E-state index in [0.29, 0.717) is 5.76 Å². The fourth-order valence-corrected chi connectivity index (χ4v) is 3.32. The average molecular weight is 338 g/mol. The Kier molecular flexibility index (Phi) is 4.69. The molecule has 0 saturated heterocycles. The van der Waals surface area contributed by atoms with Crippen molar-refractivity contribution in [2.45, 2.75) is 11.3 Å². The molecule has 0 unspecified atom stereocenters. The molecule has 2 aromatic rings. The first-order valence-electron chi connectivity index (χ1n) is 5.99. The van der Waals surface area contributed by atoms with Crippen LogP contribution in [0.1, 0.15) is 12.7 Å². The van der Waals surface area contributed by atoms with Crippen LogP contribution in [0.4, 0.5) is 5.13 Å². The first-order chi connectivity index (χ1) is 10.5. The predicted octanol–water partition coefficient (Wildman–Crippen LogP) is 1.47. The van der Waals surface area contributed by atoms with Crippen LogP contribution in [0.2, 0.25) is 0 Å². The summed E-state index contributed by atoms with van der Waals surface area (Å²) in [6.07, 6.45) is 2.67. The zero-order valence-electron chi connectivity index (χ0n) is 11.3. The van der Waals surface area contributed by atoms with Crippen molar-refractivity contribution in [2.24, 2.45) is 0 Å². The minimum atomic E-state index is -3.48. The van der Waals surface area contributed by atoms with Crippen molar-refractivity contribution in [1.82, 2.24) is 10.2 Å². The summed E-state index contributed by atoms with van der Waals surface area (Å²) in [6, 6.07) is 4.94. The van der Waals surface area contributed by atoms with Crippen LogP contribution in [-0.4, -0.2) is 30.3 Å². The third-order valence-electron chi connectivity index (χ3n) is 2.47. The molecule has 0 radical (unpaired) electrons. The number of anilines is 1. The molecule has 2 heterocycles. The van der Waals surface area contributed by atoms with Crippen molar-refractivity contribution < 1.29 is 17.6 Å². The largest absolute Gasteiger partial charge is 0.465 e. The lowest BCUT2D eigenvalue weighted by molar-refractivity contribution is -0.112. The molecule has 2 aromatic heterocycles. The molecular formula is C12H10N4O4S2. The van der Waals surface area contributed by atoms with Gasteiger partial charge in [-0.1, -0.05) is 18.3 Å². The van der Waals surface area contributed by atoms with Gasteiger partial charge in [-0.3, -0.25) is 10.1 Å². The maximum atomic E-state index is 11.9. The summed E-state index contributed by atoms with van der Waals surface area (Å²) in [7, 11) is -3.48. The van der Waals surface area contributed by atoms with E-state index >= 15 is 0 Å². The summed E-state index contributed by atoms with van der Waals surface area (Å²) in [5, 5.41) is 18.4. The number of aromatic nitrogens is 2. The Morgan fingerprint density at radius 3 is 2.91 bits per heavy atom. The Bertz CT molecular complexity index is 844. The molecule has 0 bridgehead atoms. The van der Waals surface area contributed by atoms with Crippen molar-refractivity contribution in [3.8, 4) is 6.07 Å². The summed E-state index contributed by atoms with van der Waals surface area (Å²) in [4.78, 5) is 11.9. The number of rotatable bonds is 5. The van der Waals surface area contributed by atoms with Gasteiger partial charge in [0.2, 0.25) is 19.3 Å². The van der Waals surface area contributed by atoms with Gasteiger partial charge in [0.25, 0.3) is 5.91 Å². The number of nitriles is 1. The van der Waals surface area contributed by atoms with Crippen LogP contribution in [0.25, 0.3) is 6.08 Å². The van der Waals surface area contributed by atoms with E-state index in [-0.39, 0.29) is 20.8 Å². The monoisotopic (exact) mass is 338 g/mol. The number of carbonyl (C=O) groups excluding carboxylic acids is 1. The highest BCUT2D eigenvalue weighted by atomic mass is 32.2. The normalized spacial score (nSPS) is 11.9. The second-order valence-corrected chi connectivity index (χ2v) is 7.35. The first kappa shape index (κ1) is 15.9. The second kappa shape index (κ2) is 6.50. The molecule has 0 aromatic carbocycles. The van der Waals surface area contributed by atoms with Crippen molar-refractivity contribution in [2.75, 3.05) is 11.1 Å². The number of amides is 1. The quantitative estimate of drug-likeness (QED) is 0.497. The van der Waals surface area contributed by atoms with E-state index < -0.39 is 15.7 Å². The predicted molar refractivity (Wildman–Crippen MR) is 78.6 cm³/mol. The van der Waals surface area contributed by atoms with E-state index in [1.807, 2.05) is 0 Å². The summed E-state index contributed by atoms with van der Waals surface area (Å²) in [6.45, 7) is 1.48. The van der Waals surface area contributed by atoms with Gasteiger partial charge in [0.05, 0.1) is 12.0 Å². The lowest BCUT2D eigenvalue weighted by atomic mass is 10.2.